The number of benzene rings is 1. The number of amides is 1. The van der Waals surface area contributed by atoms with Gasteiger partial charge in [-0.05, 0) is 13.0 Å². The molecule has 21 heavy (non-hydrogen) atoms. The highest BCUT2D eigenvalue weighted by Gasteiger charge is 2.18. The molecule has 8 nitrogen and oxygen atoms in total. The van der Waals surface area contributed by atoms with Gasteiger partial charge in [-0.25, -0.2) is 4.68 Å². The lowest BCUT2D eigenvalue weighted by Crippen LogP contribution is -2.13. The first-order valence-electron chi connectivity index (χ1n) is 6.09. The standard InChI is InChI=1S/C13H14N4O4/c1-9-11(4-3-5-12(9)17(19)20)13(18)15-10-6-14-16(7-10)8-21-2/h3-7H,8H2,1-2H3,(H,15,18). The van der Waals surface area contributed by atoms with E-state index in [1.165, 1.54) is 36.2 Å². The van der Waals surface area contributed by atoms with Crippen molar-refractivity contribution < 1.29 is 14.5 Å². The molecule has 2 aromatic rings. The minimum Gasteiger partial charge on any atom is -0.362 e. The van der Waals surface area contributed by atoms with Crippen LogP contribution in [0.15, 0.2) is 30.6 Å². The molecule has 0 saturated carbocycles. The zero-order valence-electron chi connectivity index (χ0n) is 11.6. The third-order valence-electron chi connectivity index (χ3n) is 2.90. The van der Waals surface area contributed by atoms with Crippen LogP contribution < -0.4 is 5.32 Å². The monoisotopic (exact) mass is 290 g/mol. The van der Waals surface area contributed by atoms with E-state index in [0.29, 0.717) is 11.3 Å². The van der Waals surface area contributed by atoms with Crippen molar-refractivity contribution in [3.05, 3.63) is 51.8 Å². The van der Waals surface area contributed by atoms with Gasteiger partial charge < -0.3 is 10.1 Å². The van der Waals surface area contributed by atoms with Crippen LogP contribution in [0, 0.1) is 17.0 Å². The first-order valence-corrected chi connectivity index (χ1v) is 6.09. The molecule has 0 aliphatic rings. The molecule has 0 aliphatic heterocycles. The molecule has 0 bridgehead atoms. The Labute approximate surface area is 120 Å². The highest BCUT2D eigenvalue weighted by atomic mass is 16.6. The lowest BCUT2D eigenvalue weighted by Gasteiger charge is -2.06. The predicted octanol–water partition coefficient (Wildman–Crippen LogP) is 1.96. The van der Waals surface area contributed by atoms with E-state index in [4.69, 9.17) is 4.74 Å². The van der Waals surface area contributed by atoms with Crippen LogP contribution in [-0.4, -0.2) is 27.7 Å². The number of hydrogen-bond donors (Lipinski definition) is 1. The Morgan fingerprint density at radius 1 is 1.52 bits per heavy atom. The van der Waals surface area contributed by atoms with Crippen molar-refractivity contribution in [2.75, 3.05) is 12.4 Å². The van der Waals surface area contributed by atoms with Crippen LogP contribution in [0.2, 0.25) is 0 Å². The highest BCUT2D eigenvalue weighted by molar-refractivity contribution is 6.05. The summed E-state index contributed by atoms with van der Waals surface area (Å²) in [6.45, 7) is 1.81. The lowest BCUT2D eigenvalue weighted by molar-refractivity contribution is -0.385. The van der Waals surface area contributed by atoms with Gasteiger partial charge >= 0.3 is 0 Å². The molecule has 1 amide bonds. The third-order valence-corrected chi connectivity index (χ3v) is 2.90. The largest absolute Gasteiger partial charge is 0.362 e. The zero-order chi connectivity index (χ0) is 15.4. The second-order valence-corrected chi connectivity index (χ2v) is 4.35. The first kappa shape index (κ1) is 14.7. The molecule has 8 heteroatoms. The Kier molecular flexibility index (Phi) is 4.29. The number of aromatic nitrogens is 2. The lowest BCUT2D eigenvalue weighted by atomic mass is 10.1. The molecule has 0 spiro atoms. The molecule has 1 heterocycles. The number of methoxy groups -OCH3 is 1. The Morgan fingerprint density at radius 3 is 2.95 bits per heavy atom. The summed E-state index contributed by atoms with van der Waals surface area (Å²) in [4.78, 5) is 22.5. The van der Waals surface area contributed by atoms with Crippen molar-refractivity contribution in [3.63, 3.8) is 0 Å². The summed E-state index contributed by atoms with van der Waals surface area (Å²) in [6, 6.07) is 4.38. The van der Waals surface area contributed by atoms with E-state index in [2.05, 4.69) is 10.4 Å². The van der Waals surface area contributed by atoms with Crippen LogP contribution in [0.4, 0.5) is 11.4 Å². The van der Waals surface area contributed by atoms with E-state index in [1.807, 2.05) is 0 Å². The summed E-state index contributed by atoms with van der Waals surface area (Å²) < 4.78 is 6.41. The minimum absolute atomic E-state index is 0.0854. The first-order chi connectivity index (χ1) is 10.0. The summed E-state index contributed by atoms with van der Waals surface area (Å²) >= 11 is 0. The Balaban J connectivity index is 2.20. The second kappa shape index (κ2) is 6.14. The molecule has 0 saturated heterocycles. The Morgan fingerprint density at radius 2 is 2.29 bits per heavy atom. The number of rotatable bonds is 5. The molecule has 0 aliphatic carbocycles. The number of nitro groups is 1. The van der Waals surface area contributed by atoms with E-state index >= 15 is 0 Å². The maximum atomic E-state index is 12.2. The summed E-state index contributed by atoms with van der Waals surface area (Å²) in [7, 11) is 1.53. The second-order valence-electron chi connectivity index (χ2n) is 4.35. The highest BCUT2D eigenvalue weighted by Crippen LogP contribution is 2.22. The third kappa shape index (κ3) is 3.23. The number of nitro benzene ring substituents is 1. The quantitative estimate of drug-likeness (QED) is 0.670. The van der Waals surface area contributed by atoms with Crippen LogP contribution in [-0.2, 0) is 11.5 Å². The van der Waals surface area contributed by atoms with E-state index in [-0.39, 0.29) is 18.0 Å². The summed E-state index contributed by atoms with van der Waals surface area (Å²) in [5, 5.41) is 17.5. The number of anilines is 1. The van der Waals surface area contributed by atoms with Crippen molar-refractivity contribution in [2.45, 2.75) is 13.7 Å². The van der Waals surface area contributed by atoms with Crippen LogP contribution in [0.5, 0.6) is 0 Å². The normalized spacial score (nSPS) is 10.4. The number of carbonyl (C=O) groups is 1. The smallest absolute Gasteiger partial charge is 0.273 e. The molecule has 0 unspecified atom stereocenters. The molecule has 1 aromatic heterocycles. The van der Waals surface area contributed by atoms with Gasteiger partial charge in [0.05, 0.1) is 23.0 Å². The van der Waals surface area contributed by atoms with Gasteiger partial charge in [0, 0.05) is 24.3 Å². The maximum Gasteiger partial charge on any atom is 0.273 e. The van der Waals surface area contributed by atoms with Crippen molar-refractivity contribution in [1.82, 2.24) is 9.78 Å². The fraction of sp³-hybridized carbons (Fsp3) is 0.231. The maximum absolute atomic E-state index is 12.2. The number of hydrogen-bond acceptors (Lipinski definition) is 5. The van der Waals surface area contributed by atoms with Crippen molar-refractivity contribution in [3.8, 4) is 0 Å². The number of nitrogens with zero attached hydrogens (tertiary/aromatic N) is 3. The molecule has 0 atom stereocenters. The van der Waals surface area contributed by atoms with Gasteiger partial charge in [-0.1, -0.05) is 6.07 Å². The van der Waals surface area contributed by atoms with Gasteiger partial charge in [-0.15, -0.1) is 0 Å². The number of ether oxygens (including phenoxy) is 1. The fourth-order valence-electron chi connectivity index (χ4n) is 1.90. The van der Waals surface area contributed by atoms with Crippen LogP contribution >= 0.6 is 0 Å². The van der Waals surface area contributed by atoms with Crippen molar-refractivity contribution in [2.24, 2.45) is 0 Å². The summed E-state index contributed by atoms with van der Waals surface area (Å²) in [5.74, 6) is -0.423. The average Bonchev–Trinajstić information content (AvgIpc) is 2.86. The molecule has 0 fully saturated rings. The van der Waals surface area contributed by atoms with Gasteiger partial charge in [0.15, 0.2) is 0 Å². The number of carbonyl (C=O) groups excluding carboxylic acids is 1. The van der Waals surface area contributed by atoms with Crippen LogP contribution in [0.1, 0.15) is 15.9 Å². The summed E-state index contributed by atoms with van der Waals surface area (Å²) in [6.07, 6.45) is 3.08. The van der Waals surface area contributed by atoms with Crippen molar-refractivity contribution in [1.29, 1.82) is 0 Å². The van der Waals surface area contributed by atoms with E-state index in [0.717, 1.165) is 0 Å². The van der Waals surface area contributed by atoms with Gasteiger partial charge in [0.2, 0.25) is 0 Å². The Hall–Kier alpha value is -2.74. The van der Waals surface area contributed by atoms with Crippen molar-refractivity contribution >= 4 is 17.3 Å². The van der Waals surface area contributed by atoms with Crippen LogP contribution in [0.3, 0.4) is 0 Å². The fourth-order valence-corrected chi connectivity index (χ4v) is 1.90. The molecule has 110 valence electrons. The summed E-state index contributed by atoms with van der Waals surface area (Å²) in [5.41, 5.74) is 0.980. The van der Waals surface area contributed by atoms with E-state index in [1.54, 1.807) is 13.1 Å². The van der Waals surface area contributed by atoms with Gasteiger partial charge in [-0.2, -0.15) is 5.10 Å². The van der Waals surface area contributed by atoms with E-state index in [9.17, 15) is 14.9 Å². The Bertz CT molecular complexity index is 681. The minimum atomic E-state index is -0.511. The van der Waals surface area contributed by atoms with E-state index < -0.39 is 10.8 Å². The zero-order valence-corrected chi connectivity index (χ0v) is 11.6. The van der Waals surface area contributed by atoms with Gasteiger partial charge in [0.25, 0.3) is 11.6 Å². The van der Waals surface area contributed by atoms with Gasteiger partial charge in [-0.3, -0.25) is 14.9 Å². The van der Waals surface area contributed by atoms with Crippen LogP contribution in [0.25, 0.3) is 0 Å². The van der Waals surface area contributed by atoms with Gasteiger partial charge in [0.1, 0.15) is 6.73 Å². The molecule has 2 rings (SSSR count). The molecular weight excluding hydrogens is 276 g/mol. The molecule has 0 radical (unpaired) electrons. The predicted molar refractivity (Wildman–Crippen MR) is 75.0 cm³/mol. The molecule has 1 aromatic carbocycles. The number of nitrogens with one attached hydrogen (secondary N) is 1. The SMILES string of the molecule is COCn1cc(NC(=O)c2cccc([N+](=O)[O-])c2C)cn1. The average molecular weight is 290 g/mol. The topological polar surface area (TPSA) is 99.3 Å². The molecular formula is C13H14N4O4. The molecule has 1 N–H and O–H groups in total.